The number of nitrogens with zero attached hydrogens (tertiary/aromatic N) is 1. The second-order valence-corrected chi connectivity index (χ2v) is 6.06. The molecule has 2 fully saturated rings. The molecule has 1 saturated carbocycles. The standard InChI is InChI=1S/C17H25NO2/c19-17-8-7-15(14-5-2-1-3-6-14)13-16(17)18-9-4-11-20-12-10-18/h1-3,5-6,15-17,19H,4,7-13H2. The van der Waals surface area contributed by atoms with Crippen molar-refractivity contribution in [2.24, 2.45) is 0 Å². The van der Waals surface area contributed by atoms with Crippen molar-refractivity contribution < 1.29 is 9.84 Å². The highest BCUT2D eigenvalue weighted by Gasteiger charge is 2.34. The Kier molecular flexibility index (Phi) is 4.71. The van der Waals surface area contributed by atoms with Gasteiger partial charge in [-0.1, -0.05) is 30.3 Å². The molecule has 3 atom stereocenters. The van der Waals surface area contributed by atoms with Crippen molar-refractivity contribution >= 4 is 0 Å². The lowest BCUT2D eigenvalue weighted by Gasteiger charge is -2.40. The molecule has 3 unspecified atom stereocenters. The van der Waals surface area contributed by atoms with Crippen molar-refractivity contribution in [3.05, 3.63) is 35.9 Å². The van der Waals surface area contributed by atoms with Crippen LogP contribution in [0.4, 0.5) is 0 Å². The largest absolute Gasteiger partial charge is 0.391 e. The normalized spacial score (nSPS) is 32.8. The van der Waals surface area contributed by atoms with Crippen molar-refractivity contribution in [2.45, 2.75) is 43.7 Å². The van der Waals surface area contributed by atoms with E-state index in [0.717, 1.165) is 52.0 Å². The van der Waals surface area contributed by atoms with Gasteiger partial charge in [-0.25, -0.2) is 0 Å². The van der Waals surface area contributed by atoms with Gasteiger partial charge in [0, 0.05) is 25.7 Å². The Morgan fingerprint density at radius 2 is 1.90 bits per heavy atom. The molecule has 1 aliphatic carbocycles. The second-order valence-electron chi connectivity index (χ2n) is 6.06. The van der Waals surface area contributed by atoms with Crippen molar-refractivity contribution in [2.75, 3.05) is 26.3 Å². The highest BCUT2D eigenvalue weighted by atomic mass is 16.5. The van der Waals surface area contributed by atoms with E-state index in [-0.39, 0.29) is 6.10 Å². The van der Waals surface area contributed by atoms with Crippen molar-refractivity contribution in [3.8, 4) is 0 Å². The SMILES string of the molecule is OC1CCC(c2ccccc2)CC1N1CCCOCC1. The van der Waals surface area contributed by atoms with E-state index >= 15 is 0 Å². The fraction of sp³-hybridized carbons (Fsp3) is 0.647. The van der Waals surface area contributed by atoms with Gasteiger partial charge in [0.25, 0.3) is 0 Å². The third-order valence-electron chi connectivity index (χ3n) is 4.78. The molecule has 1 aromatic rings. The minimum absolute atomic E-state index is 0.173. The van der Waals surface area contributed by atoms with Gasteiger partial charge in [0.2, 0.25) is 0 Å². The van der Waals surface area contributed by atoms with E-state index in [9.17, 15) is 5.11 Å². The van der Waals surface area contributed by atoms with Crippen molar-refractivity contribution in [1.29, 1.82) is 0 Å². The van der Waals surface area contributed by atoms with Crippen LogP contribution in [-0.2, 0) is 4.74 Å². The molecule has 20 heavy (non-hydrogen) atoms. The van der Waals surface area contributed by atoms with Gasteiger partial charge in [0.1, 0.15) is 0 Å². The van der Waals surface area contributed by atoms with Crippen LogP contribution < -0.4 is 0 Å². The lowest BCUT2D eigenvalue weighted by atomic mass is 9.79. The average molecular weight is 275 g/mol. The molecule has 0 bridgehead atoms. The summed E-state index contributed by atoms with van der Waals surface area (Å²) in [6, 6.07) is 11.1. The minimum atomic E-state index is -0.173. The zero-order valence-corrected chi connectivity index (χ0v) is 12.1. The molecule has 0 aromatic heterocycles. The third-order valence-corrected chi connectivity index (χ3v) is 4.78. The summed E-state index contributed by atoms with van der Waals surface area (Å²) in [6.07, 6.45) is 4.01. The van der Waals surface area contributed by atoms with Gasteiger partial charge in [0.05, 0.1) is 12.7 Å². The molecule has 110 valence electrons. The van der Waals surface area contributed by atoms with E-state index in [2.05, 4.69) is 35.2 Å². The average Bonchev–Trinajstić information content (AvgIpc) is 2.78. The highest BCUT2D eigenvalue weighted by Crippen LogP contribution is 2.35. The molecule has 1 aromatic carbocycles. The van der Waals surface area contributed by atoms with Crippen LogP contribution >= 0.6 is 0 Å². The Balaban J connectivity index is 1.69. The number of rotatable bonds is 2. The lowest BCUT2D eigenvalue weighted by molar-refractivity contribution is 0.0124. The van der Waals surface area contributed by atoms with Gasteiger partial charge in [-0.2, -0.15) is 0 Å². The number of hydrogen-bond acceptors (Lipinski definition) is 3. The van der Waals surface area contributed by atoms with Crippen LogP contribution in [0.2, 0.25) is 0 Å². The number of hydrogen-bond donors (Lipinski definition) is 1. The number of aliphatic hydroxyl groups is 1. The van der Waals surface area contributed by atoms with Gasteiger partial charge in [-0.05, 0) is 37.2 Å². The van der Waals surface area contributed by atoms with Crippen LogP contribution in [0.25, 0.3) is 0 Å². The Labute approximate surface area is 121 Å². The summed E-state index contributed by atoms with van der Waals surface area (Å²) in [7, 11) is 0. The first kappa shape index (κ1) is 14.1. The molecular weight excluding hydrogens is 250 g/mol. The van der Waals surface area contributed by atoms with Crippen LogP contribution in [0.1, 0.15) is 37.2 Å². The van der Waals surface area contributed by atoms with E-state index in [1.54, 1.807) is 0 Å². The molecule has 0 amide bonds. The van der Waals surface area contributed by atoms with Crippen LogP contribution in [0.3, 0.4) is 0 Å². The first-order valence-electron chi connectivity index (χ1n) is 7.89. The third kappa shape index (κ3) is 3.22. The van der Waals surface area contributed by atoms with E-state index in [1.807, 2.05) is 0 Å². The second kappa shape index (κ2) is 6.70. The first-order chi connectivity index (χ1) is 9.84. The first-order valence-corrected chi connectivity index (χ1v) is 7.89. The monoisotopic (exact) mass is 275 g/mol. The fourth-order valence-electron chi connectivity index (χ4n) is 3.65. The smallest absolute Gasteiger partial charge is 0.0695 e. The molecule has 2 aliphatic rings. The number of benzene rings is 1. The molecule has 3 heteroatoms. The zero-order valence-electron chi connectivity index (χ0n) is 12.1. The summed E-state index contributed by atoms with van der Waals surface area (Å²) in [4.78, 5) is 2.45. The summed E-state index contributed by atoms with van der Waals surface area (Å²) in [6.45, 7) is 3.69. The quantitative estimate of drug-likeness (QED) is 0.899. The summed E-state index contributed by atoms with van der Waals surface area (Å²) in [5.74, 6) is 0.591. The van der Waals surface area contributed by atoms with Crippen LogP contribution in [0.5, 0.6) is 0 Å². The topological polar surface area (TPSA) is 32.7 Å². The molecule has 1 saturated heterocycles. The molecule has 1 aliphatic heterocycles. The maximum Gasteiger partial charge on any atom is 0.0695 e. The van der Waals surface area contributed by atoms with Crippen molar-refractivity contribution in [1.82, 2.24) is 4.90 Å². The molecule has 0 spiro atoms. The van der Waals surface area contributed by atoms with Gasteiger partial charge in [0.15, 0.2) is 0 Å². The van der Waals surface area contributed by atoms with Crippen LogP contribution in [0, 0.1) is 0 Å². The highest BCUT2D eigenvalue weighted by molar-refractivity contribution is 5.20. The molecule has 3 nitrogen and oxygen atoms in total. The van der Waals surface area contributed by atoms with E-state index in [0.29, 0.717) is 12.0 Å². The molecular formula is C17H25NO2. The zero-order chi connectivity index (χ0) is 13.8. The molecule has 1 N–H and O–H groups in total. The van der Waals surface area contributed by atoms with Gasteiger partial charge < -0.3 is 9.84 Å². The van der Waals surface area contributed by atoms with E-state index < -0.39 is 0 Å². The number of aliphatic hydroxyl groups excluding tert-OH is 1. The van der Waals surface area contributed by atoms with E-state index in [1.165, 1.54) is 5.56 Å². The summed E-state index contributed by atoms with van der Waals surface area (Å²) < 4.78 is 5.54. The molecule has 1 heterocycles. The summed E-state index contributed by atoms with van der Waals surface area (Å²) in [5.41, 5.74) is 1.43. The predicted molar refractivity (Wildman–Crippen MR) is 79.8 cm³/mol. The van der Waals surface area contributed by atoms with Gasteiger partial charge in [-0.3, -0.25) is 4.90 Å². The Bertz CT molecular complexity index is 401. The van der Waals surface area contributed by atoms with Crippen LogP contribution in [0.15, 0.2) is 30.3 Å². The van der Waals surface area contributed by atoms with Crippen LogP contribution in [-0.4, -0.2) is 48.5 Å². The van der Waals surface area contributed by atoms with Crippen molar-refractivity contribution in [3.63, 3.8) is 0 Å². The number of ether oxygens (including phenoxy) is 1. The predicted octanol–water partition coefficient (Wildman–Crippen LogP) is 2.41. The summed E-state index contributed by atoms with van der Waals surface area (Å²) >= 11 is 0. The van der Waals surface area contributed by atoms with E-state index in [4.69, 9.17) is 4.74 Å². The minimum Gasteiger partial charge on any atom is -0.391 e. The maximum atomic E-state index is 10.4. The molecule has 3 rings (SSSR count). The maximum absolute atomic E-state index is 10.4. The lowest BCUT2D eigenvalue weighted by Crippen LogP contribution is -2.47. The Morgan fingerprint density at radius 1 is 1.05 bits per heavy atom. The Hall–Kier alpha value is -0.900. The molecule has 0 radical (unpaired) electrons. The van der Waals surface area contributed by atoms with Gasteiger partial charge >= 0.3 is 0 Å². The fourth-order valence-corrected chi connectivity index (χ4v) is 3.65. The summed E-state index contributed by atoms with van der Waals surface area (Å²) in [5, 5.41) is 10.4. The Morgan fingerprint density at radius 3 is 2.75 bits per heavy atom. The van der Waals surface area contributed by atoms with Gasteiger partial charge in [-0.15, -0.1) is 0 Å².